The standard InChI is InChI=1S/C14H18N2O/c1-10(2)8-16-9-13(7-15-16)12-5-4-11(3)14(17)6-12/h4-7,9-10,17H,8H2,1-3H3. The summed E-state index contributed by atoms with van der Waals surface area (Å²) in [7, 11) is 0. The van der Waals surface area contributed by atoms with E-state index in [1.165, 1.54) is 0 Å². The third-order valence-electron chi connectivity index (χ3n) is 2.73. The summed E-state index contributed by atoms with van der Waals surface area (Å²) in [6.45, 7) is 7.14. The lowest BCUT2D eigenvalue weighted by Gasteiger charge is -2.04. The van der Waals surface area contributed by atoms with Crippen LogP contribution in [0.25, 0.3) is 11.1 Å². The fourth-order valence-corrected chi connectivity index (χ4v) is 1.78. The van der Waals surface area contributed by atoms with Gasteiger partial charge in [-0.1, -0.05) is 26.0 Å². The summed E-state index contributed by atoms with van der Waals surface area (Å²) in [5, 5.41) is 14.0. The molecule has 1 aromatic carbocycles. The average Bonchev–Trinajstić information content (AvgIpc) is 2.69. The Kier molecular flexibility index (Phi) is 3.18. The maximum absolute atomic E-state index is 9.69. The Hall–Kier alpha value is -1.77. The average molecular weight is 230 g/mol. The third kappa shape index (κ3) is 2.67. The molecule has 0 aliphatic carbocycles. The highest BCUT2D eigenvalue weighted by Crippen LogP contribution is 2.25. The fourth-order valence-electron chi connectivity index (χ4n) is 1.78. The highest BCUT2D eigenvalue weighted by atomic mass is 16.3. The molecular formula is C14H18N2O. The fraction of sp³-hybridized carbons (Fsp3) is 0.357. The topological polar surface area (TPSA) is 38.0 Å². The molecule has 0 saturated heterocycles. The van der Waals surface area contributed by atoms with Crippen molar-refractivity contribution in [3.63, 3.8) is 0 Å². The van der Waals surface area contributed by atoms with Crippen LogP contribution in [-0.2, 0) is 6.54 Å². The lowest BCUT2D eigenvalue weighted by Crippen LogP contribution is -2.03. The number of benzene rings is 1. The van der Waals surface area contributed by atoms with E-state index in [0.717, 1.165) is 23.2 Å². The number of phenols is 1. The molecule has 1 N–H and O–H groups in total. The van der Waals surface area contributed by atoms with Crippen LogP contribution >= 0.6 is 0 Å². The molecule has 0 spiro atoms. The van der Waals surface area contributed by atoms with Crippen LogP contribution in [0.1, 0.15) is 19.4 Å². The van der Waals surface area contributed by atoms with Gasteiger partial charge in [0.2, 0.25) is 0 Å². The lowest BCUT2D eigenvalue weighted by molar-refractivity contribution is 0.471. The van der Waals surface area contributed by atoms with E-state index in [1.807, 2.05) is 36.1 Å². The van der Waals surface area contributed by atoms with Crippen LogP contribution in [0.3, 0.4) is 0 Å². The van der Waals surface area contributed by atoms with E-state index in [4.69, 9.17) is 0 Å². The molecule has 0 aliphatic rings. The molecule has 0 radical (unpaired) electrons. The molecule has 0 fully saturated rings. The molecule has 3 heteroatoms. The summed E-state index contributed by atoms with van der Waals surface area (Å²) in [4.78, 5) is 0. The number of aryl methyl sites for hydroxylation is 1. The minimum Gasteiger partial charge on any atom is -0.508 e. The highest BCUT2D eigenvalue weighted by Gasteiger charge is 2.05. The van der Waals surface area contributed by atoms with E-state index in [1.54, 1.807) is 6.07 Å². The first-order valence-electron chi connectivity index (χ1n) is 5.88. The van der Waals surface area contributed by atoms with Crippen LogP contribution in [-0.4, -0.2) is 14.9 Å². The van der Waals surface area contributed by atoms with E-state index in [-0.39, 0.29) is 0 Å². The first-order chi connectivity index (χ1) is 8.06. The number of aromatic hydroxyl groups is 1. The monoisotopic (exact) mass is 230 g/mol. The molecule has 1 heterocycles. The van der Waals surface area contributed by atoms with Gasteiger partial charge in [-0.25, -0.2) is 0 Å². The van der Waals surface area contributed by atoms with Gasteiger partial charge in [0.1, 0.15) is 5.75 Å². The van der Waals surface area contributed by atoms with Crippen molar-refractivity contribution in [2.75, 3.05) is 0 Å². The van der Waals surface area contributed by atoms with Gasteiger partial charge in [-0.15, -0.1) is 0 Å². The van der Waals surface area contributed by atoms with Crippen molar-refractivity contribution in [2.45, 2.75) is 27.3 Å². The van der Waals surface area contributed by atoms with Gasteiger partial charge in [0.15, 0.2) is 0 Å². The van der Waals surface area contributed by atoms with Crippen LogP contribution in [0, 0.1) is 12.8 Å². The minimum atomic E-state index is 0.333. The molecular weight excluding hydrogens is 212 g/mol. The van der Waals surface area contributed by atoms with Crippen LogP contribution < -0.4 is 0 Å². The second-order valence-electron chi connectivity index (χ2n) is 4.85. The van der Waals surface area contributed by atoms with Gasteiger partial charge in [-0.05, 0) is 30.0 Å². The van der Waals surface area contributed by atoms with Crippen LogP contribution in [0.4, 0.5) is 0 Å². The maximum atomic E-state index is 9.69. The molecule has 2 aromatic rings. The maximum Gasteiger partial charge on any atom is 0.119 e. The number of nitrogens with zero attached hydrogens (tertiary/aromatic N) is 2. The van der Waals surface area contributed by atoms with Crippen molar-refractivity contribution in [3.8, 4) is 16.9 Å². The van der Waals surface area contributed by atoms with E-state index in [0.29, 0.717) is 11.7 Å². The molecule has 0 amide bonds. The summed E-state index contributed by atoms with van der Waals surface area (Å²) >= 11 is 0. The van der Waals surface area contributed by atoms with E-state index < -0.39 is 0 Å². The lowest BCUT2D eigenvalue weighted by atomic mass is 10.1. The normalized spacial score (nSPS) is 11.1. The minimum absolute atomic E-state index is 0.333. The number of hydrogen-bond acceptors (Lipinski definition) is 2. The highest BCUT2D eigenvalue weighted by molar-refractivity contribution is 5.64. The smallest absolute Gasteiger partial charge is 0.119 e. The Morgan fingerprint density at radius 1 is 1.29 bits per heavy atom. The summed E-state index contributed by atoms with van der Waals surface area (Å²) in [6.07, 6.45) is 3.86. The molecule has 1 aromatic heterocycles. The van der Waals surface area contributed by atoms with Crippen LogP contribution in [0.15, 0.2) is 30.6 Å². The molecule has 0 aliphatic heterocycles. The molecule has 2 rings (SSSR count). The Balaban J connectivity index is 2.27. The van der Waals surface area contributed by atoms with Crippen LogP contribution in [0.2, 0.25) is 0 Å². The third-order valence-corrected chi connectivity index (χ3v) is 2.73. The first-order valence-corrected chi connectivity index (χ1v) is 5.88. The van der Waals surface area contributed by atoms with Gasteiger partial charge in [0.05, 0.1) is 6.20 Å². The van der Waals surface area contributed by atoms with Gasteiger partial charge in [-0.3, -0.25) is 4.68 Å². The zero-order valence-corrected chi connectivity index (χ0v) is 10.5. The number of hydrogen-bond donors (Lipinski definition) is 1. The SMILES string of the molecule is Cc1ccc(-c2cnn(CC(C)C)c2)cc1O. The predicted octanol–water partition coefficient (Wildman–Crippen LogP) is 3.22. The second-order valence-corrected chi connectivity index (χ2v) is 4.85. The summed E-state index contributed by atoms with van der Waals surface area (Å²) in [5.41, 5.74) is 2.94. The number of aromatic nitrogens is 2. The quantitative estimate of drug-likeness (QED) is 0.879. The molecule has 3 nitrogen and oxygen atoms in total. The van der Waals surface area contributed by atoms with Gasteiger partial charge in [-0.2, -0.15) is 5.10 Å². The van der Waals surface area contributed by atoms with Gasteiger partial charge < -0.3 is 5.11 Å². The summed E-state index contributed by atoms with van der Waals surface area (Å²) in [5.74, 6) is 0.910. The molecule has 90 valence electrons. The number of phenolic OH excluding ortho intramolecular Hbond substituents is 1. The summed E-state index contributed by atoms with van der Waals surface area (Å²) in [6, 6.07) is 5.71. The van der Waals surface area contributed by atoms with E-state index in [9.17, 15) is 5.11 Å². The Morgan fingerprint density at radius 3 is 2.71 bits per heavy atom. The zero-order chi connectivity index (χ0) is 12.4. The zero-order valence-electron chi connectivity index (χ0n) is 10.5. The molecule has 0 bridgehead atoms. The Morgan fingerprint density at radius 2 is 2.06 bits per heavy atom. The molecule has 0 atom stereocenters. The van der Waals surface area contributed by atoms with Crippen molar-refractivity contribution in [1.82, 2.24) is 9.78 Å². The molecule has 0 saturated carbocycles. The Labute approximate surface area is 102 Å². The second kappa shape index (κ2) is 4.62. The first kappa shape index (κ1) is 11.7. The van der Waals surface area contributed by atoms with E-state index in [2.05, 4.69) is 18.9 Å². The predicted molar refractivity (Wildman–Crippen MR) is 68.9 cm³/mol. The number of rotatable bonds is 3. The summed E-state index contributed by atoms with van der Waals surface area (Å²) < 4.78 is 1.94. The van der Waals surface area contributed by atoms with Gasteiger partial charge >= 0.3 is 0 Å². The van der Waals surface area contributed by atoms with Crippen molar-refractivity contribution < 1.29 is 5.11 Å². The van der Waals surface area contributed by atoms with Crippen molar-refractivity contribution in [1.29, 1.82) is 0 Å². The molecule has 17 heavy (non-hydrogen) atoms. The van der Waals surface area contributed by atoms with Crippen molar-refractivity contribution >= 4 is 0 Å². The van der Waals surface area contributed by atoms with Gasteiger partial charge in [0.25, 0.3) is 0 Å². The van der Waals surface area contributed by atoms with Gasteiger partial charge in [0, 0.05) is 18.3 Å². The Bertz CT molecular complexity index is 515. The largest absolute Gasteiger partial charge is 0.508 e. The van der Waals surface area contributed by atoms with Crippen LogP contribution in [0.5, 0.6) is 5.75 Å². The van der Waals surface area contributed by atoms with E-state index >= 15 is 0 Å². The van der Waals surface area contributed by atoms with Crippen molar-refractivity contribution in [3.05, 3.63) is 36.2 Å². The molecule has 0 unspecified atom stereocenters. The van der Waals surface area contributed by atoms with Crippen molar-refractivity contribution in [2.24, 2.45) is 5.92 Å².